The molecule has 0 fully saturated rings. The van der Waals surface area contributed by atoms with Crippen molar-refractivity contribution in [1.29, 1.82) is 0 Å². The van der Waals surface area contributed by atoms with Crippen LogP contribution in [0.5, 0.6) is 0 Å². The van der Waals surface area contributed by atoms with Crippen LogP contribution in [0.25, 0.3) is 6.08 Å². The van der Waals surface area contributed by atoms with E-state index in [9.17, 15) is 0 Å². The maximum atomic E-state index is 5.30. The van der Waals surface area contributed by atoms with Crippen molar-refractivity contribution in [3.8, 4) is 0 Å². The summed E-state index contributed by atoms with van der Waals surface area (Å²) < 4.78 is 11.6. The number of rotatable bonds is 2. The summed E-state index contributed by atoms with van der Waals surface area (Å²) in [4.78, 5) is 6.56. The van der Waals surface area contributed by atoms with E-state index >= 15 is 0 Å². The molecule has 88 valence electrons. The highest BCUT2D eigenvalue weighted by atomic mass is 79.9. The Bertz CT molecular complexity index is 479. The minimum absolute atomic E-state index is 0.228. The topological polar surface area (TPSA) is 34.6 Å². The molecule has 3 heterocycles. The van der Waals surface area contributed by atoms with E-state index in [1.165, 1.54) is 0 Å². The van der Waals surface area contributed by atoms with Crippen LogP contribution >= 0.6 is 15.9 Å². The van der Waals surface area contributed by atoms with Gasteiger partial charge < -0.3 is 14.4 Å². The molecule has 2 aliphatic rings. The number of hydrogen-bond acceptors (Lipinski definition) is 4. The molecule has 0 aliphatic carbocycles. The fourth-order valence-corrected chi connectivity index (χ4v) is 2.24. The SMILES string of the molecule is Brc1cnc2c(c1)N(CC1OC=CO1)CC=C2. The lowest BCUT2D eigenvalue weighted by atomic mass is 10.2. The summed E-state index contributed by atoms with van der Waals surface area (Å²) in [6, 6.07) is 2.06. The monoisotopic (exact) mass is 294 g/mol. The van der Waals surface area contributed by atoms with E-state index in [-0.39, 0.29) is 6.29 Å². The van der Waals surface area contributed by atoms with Gasteiger partial charge in [-0.2, -0.15) is 0 Å². The van der Waals surface area contributed by atoms with Crippen LogP contribution in [0.15, 0.2) is 35.3 Å². The number of pyridine rings is 1. The highest BCUT2D eigenvalue weighted by Crippen LogP contribution is 2.27. The molecule has 1 aromatic heterocycles. The molecule has 5 heteroatoms. The first-order valence-corrected chi connectivity index (χ1v) is 6.15. The summed E-state index contributed by atoms with van der Waals surface area (Å²) in [5.41, 5.74) is 2.08. The summed E-state index contributed by atoms with van der Waals surface area (Å²) in [5, 5.41) is 0. The summed E-state index contributed by atoms with van der Waals surface area (Å²) in [5.74, 6) is 0. The average molecular weight is 295 g/mol. The number of nitrogens with zero attached hydrogens (tertiary/aromatic N) is 2. The van der Waals surface area contributed by atoms with Gasteiger partial charge in [0.05, 0.1) is 17.9 Å². The van der Waals surface area contributed by atoms with Crippen LogP contribution < -0.4 is 4.90 Å². The minimum atomic E-state index is -0.228. The smallest absolute Gasteiger partial charge is 0.256 e. The van der Waals surface area contributed by atoms with Gasteiger partial charge >= 0.3 is 0 Å². The first kappa shape index (κ1) is 10.7. The molecule has 0 spiro atoms. The maximum Gasteiger partial charge on any atom is 0.256 e. The Kier molecular flexibility index (Phi) is 2.76. The number of halogens is 1. The van der Waals surface area contributed by atoms with Gasteiger partial charge in [0.15, 0.2) is 0 Å². The zero-order valence-corrected chi connectivity index (χ0v) is 10.6. The third-order valence-electron chi connectivity index (χ3n) is 2.69. The summed E-state index contributed by atoms with van der Waals surface area (Å²) >= 11 is 3.44. The Morgan fingerprint density at radius 3 is 3.06 bits per heavy atom. The molecule has 0 radical (unpaired) electrons. The molecule has 0 aromatic carbocycles. The van der Waals surface area contributed by atoms with E-state index in [1.54, 1.807) is 18.7 Å². The lowest BCUT2D eigenvalue weighted by Crippen LogP contribution is -2.34. The summed E-state index contributed by atoms with van der Waals surface area (Å²) in [6.07, 6.45) is 8.85. The number of ether oxygens (including phenoxy) is 2. The molecule has 0 bridgehead atoms. The Balaban J connectivity index is 1.83. The van der Waals surface area contributed by atoms with E-state index in [0.29, 0.717) is 6.54 Å². The molecular weight excluding hydrogens is 284 g/mol. The van der Waals surface area contributed by atoms with Gasteiger partial charge in [-0.1, -0.05) is 6.08 Å². The van der Waals surface area contributed by atoms with E-state index < -0.39 is 0 Å². The largest absolute Gasteiger partial charge is 0.457 e. The maximum absolute atomic E-state index is 5.30. The first-order valence-electron chi connectivity index (χ1n) is 5.36. The highest BCUT2D eigenvalue weighted by Gasteiger charge is 2.21. The fraction of sp³-hybridized carbons (Fsp3) is 0.250. The second-order valence-corrected chi connectivity index (χ2v) is 4.75. The van der Waals surface area contributed by atoms with Crippen molar-refractivity contribution in [2.24, 2.45) is 0 Å². The Hall–Kier alpha value is -1.49. The lowest BCUT2D eigenvalue weighted by Gasteiger charge is -2.29. The van der Waals surface area contributed by atoms with Crippen molar-refractivity contribution in [2.45, 2.75) is 6.29 Å². The van der Waals surface area contributed by atoms with Crippen molar-refractivity contribution in [2.75, 3.05) is 18.0 Å². The zero-order valence-electron chi connectivity index (χ0n) is 9.04. The molecule has 3 rings (SSSR count). The number of aromatic nitrogens is 1. The fourth-order valence-electron chi connectivity index (χ4n) is 1.92. The van der Waals surface area contributed by atoms with Gasteiger partial charge in [-0.05, 0) is 28.1 Å². The van der Waals surface area contributed by atoms with Crippen molar-refractivity contribution >= 4 is 27.7 Å². The van der Waals surface area contributed by atoms with Crippen LogP contribution in [0.4, 0.5) is 5.69 Å². The summed E-state index contributed by atoms with van der Waals surface area (Å²) in [6.45, 7) is 1.52. The van der Waals surface area contributed by atoms with Crippen LogP contribution in [-0.4, -0.2) is 24.4 Å². The van der Waals surface area contributed by atoms with Crippen LogP contribution in [0.1, 0.15) is 5.69 Å². The molecule has 17 heavy (non-hydrogen) atoms. The third kappa shape index (κ3) is 2.15. The molecule has 0 saturated heterocycles. The van der Waals surface area contributed by atoms with Gasteiger partial charge in [-0.15, -0.1) is 0 Å². The normalized spacial score (nSPS) is 17.8. The van der Waals surface area contributed by atoms with Gasteiger partial charge in [-0.3, -0.25) is 4.98 Å². The highest BCUT2D eigenvalue weighted by molar-refractivity contribution is 9.10. The Morgan fingerprint density at radius 1 is 1.41 bits per heavy atom. The second-order valence-electron chi connectivity index (χ2n) is 3.84. The second kappa shape index (κ2) is 4.41. The van der Waals surface area contributed by atoms with Gasteiger partial charge in [-0.25, -0.2) is 0 Å². The van der Waals surface area contributed by atoms with Crippen molar-refractivity contribution in [3.05, 3.63) is 41.0 Å². The number of fused-ring (bicyclic) bond motifs is 1. The lowest BCUT2D eigenvalue weighted by molar-refractivity contribution is -0.0148. The van der Waals surface area contributed by atoms with Crippen LogP contribution in [-0.2, 0) is 9.47 Å². The molecular formula is C12H11BrN2O2. The predicted octanol–water partition coefficient (Wildman–Crippen LogP) is 2.52. The Labute approximate surface area is 108 Å². The molecule has 4 nitrogen and oxygen atoms in total. The quantitative estimate of drug-likeness (QED) is 0.839. The minimum Gasteiger partial charge on any atom is -0.457 e. The van der Waals surface area contributed by atoms with Crippen LogP contribution in [0, 0.1) is 0 Å². The van der Waals surface area contributed by atoms with E-state index in [2.05, 4.69) is 38.0 Å². The van der Waals surface area contributed by atoms with E-state index in [4.69, 9.17) is 9.47 Å². The first-order chi connectivity index (χ1) is 8.33. The Morgan fingerprint density at radius 2 is 2.24 bits per heavy atom. The van der Waals surface area contributed by atoms with Crippen molar-refractivity contribution in [1.82, 2.24) is 4.98 Å². The van der Waals surface area contributed by atoms with Crippen LogP contribution in [0.2, 0.25) is 0 Å². The molecule has 0 saturated carbocycles. The molecule has 0 atom stereocenters. The number of anilines is 1. The van der Waals surface area contributed by atoms with E-state index in [0.717, 1.165) is 22.4 Å². The molecule has 0 N–H and O–H groups in total. The molecule has 1 aromatic rings. The number of hydrogen-bond donors (Lipinski definition) is 0. The predicted molar refractivity (Wildman–Crippen MR) is 68.3 cm³/mol. The average Bonchev–Trinajstić information content (AvgIpc) is 2.83. The van der Waals surface area contributed by atoms with Gasteiger partial charge in [0.2, 0.25) is 0 Å². The molecule has 0 unspecified atom stereocenters. The van der Waals surface area contributed by atoms with Gasteiger partial charge in [0.1, 0.15) is 12.5 Å². The summed E-state index contributed by atoms with van der Waals surface area (Å²) in [7, 11) is 0. The van der Waals surface area contributed by atoms with E-state index in [1.807, 2.05) is 6.08 Å². The third-order valence-corrected chi connectivity index (χ3v) is 3.13. The molecule has 2 aliphatic heterocycles. The van der Waals surface area contributed by atoms with Crippen LogP contribution in [0.3, 0.4) is 0 Å². The van der Waals surface area contributed by atoms with Crippen molar-refractivity contribution < 1.29 is 9.47 Å². The van der Waals surface area contributed by atoms with Gasteiger partial charge in [0, 0.05) is 17.2 Å². The molecule has 0 amide bonds. The standard InChI is InChI=1S/C12H11BrN2O2/c13-9-6-11-10(14-7-9)2-1-3-15(11)8-12-16-4-5-17-12/h1-2,4-7,12H,3,8H2. The van der Waals surface area contributed by atoms with Crippen molar-refractivity contribution in [3.63, 3.8) is 0 Å². The zero-order chi connectivity index (χ0) is 11.7. The van der Waals surface area contributed by atoms with Gasteiger partial charge in [0.25, 0.3) is 6.29 Å².